The van der Waals surface area contributed by atoms with Crippen molar-refractivity contribution < 1.29 is 4.42 Å². The van der Waals surface area contributed by atoms with Crippen LogP contribution < -0.4 is 11.6 Å². The topological polar surface area (TPSA) is 77.5 Å². The molecule has 0 spiro atoms. The van der Waals surface area contributed by atoms with Crippen LogP contribution >= 0.6 is 0 Å². The molecule has 1 heterocycles. The van der Waals surface area contributed by atoms with Crippen molar-refractivity contribution in [2.24, 2.45) is 22.6 Å². The van der Waals surface area contributed by atoms with E-state index in [2.05, 4.69) is 18.9 Å². The molecule has 0 unspecified atom stereocenters. The van der Waals surface area contributed by atoms with Crippen LogP contribution in [-0.4, -0.2) is 5.84 Å². The summed E-state index contributed by atoms with van der Waals surface area (Å²) < 4.78 is 5.18. The molecule has 0 bridgehead atoms. The second-order valence-corrected chi connectivity index (χ2v) is 3.39. The predicted octanol–water partition coefficient (Wildman–Crippen LogP) is 1.06. The van der Waals surface area contributed by atoms with E-state index in [4.69, 9.17) is 16.0 Å². The zero-order chi connectivity index (χ0) is 9.84. The highest BCUT2D eigenvalue weighted by Gasteiger charge is 2.11. The second-order valence-electron chi connectivity index (χ2n) is 3.39. The molecule has 0 aliphatic carbocycles. The van der Waals surface area contributed by atoms with Crippen LogP contribution in [0, 0.1) is 5.92 Å². The molecule has 0 saturated heterocycles. The fourth-order valence-electron chi connectivity index (χ4n) is 1.22. The van der Waals surface area contributed by atoms with Crippen LogP contribution in [0.25, 0.3) is 0 Å². The van der Waals surface area contributed by atoms with Gasteiger partial charge in [-0.2, -0.15) is 5.10 Å². The summed E-state index contributed by atoms with van der Waals surface area (Å²) in [5, 5.41) is 3.40. The maximum atomic E-state index is 5.55. The van der Waals surface area contributed by atoms with Crippen molar-refractivity contribution in [2.75, 3.05) is 0 Å². The van der Waals surface area contributed by atoms with Gasteiger partial charge in [0.05, 0.1) is 6.26 Å². The van der Waals surface area contributed by atoms with E-state index in [1.165, 1.54) is 0 Å². The number of nitrogens with two attached hydrogens (primary N) is 2. The summed E-state index contributed by atoms with van der Waals surface area (Å²) in [7, 11) is 0. The number of rotatable bonds is 3. The summed E-state index contributed by atoms with van der Waals surface area (Å²) in [6.45, 7) is 4.26. The Kier molecular flexibility index (Phi) is 2.95. The largest absolute Gasteiger partial charge is 0.461 e. The average Bonchev–Trinajstić information content (AvgIpc) is 2.50. The fraction of sp³-hybridized carbons (Fsp3) is 0.444. The van der Waals surface area contributed by atoms with Crippen molar-refractivity contribution in [1.29, 1.82) is 0 Å². The monoisotopic (exact) mass is 181 g/mol. The molecule has 0 fully saturated rings. The molecule has 4 heteroatoms. The van der Waals surface area contributed by atoms with Gasteiger partial charge in [0.25, 0.3) is 0 Å². The van der Waals surface area contributed by atoms with Crippen LogP contribution in [0.1, 0.15) is 25.2 Å². The first kappa shape index (κ1) is 9.64. The van der Waals surface area contributed by atoms with Gasteiger partial charge < -0.3 is 16.0 Å². The maximum Gasteiger partial charge on any atom is 0.186 e. The Labute approximate surface area is 77.6 Å². The van der Waals surface area contributed by atoms with Crippen molar-refractivity contribution in [2.45, 2.75) is 20.3 Å². The molecule has 0 radical (unpaired) electrons. The molecule has 1 aromatic heterocycles. The number of hydrogen-bond acceptors (Lipinski definition) is 3. The molecule has 1 rings (SSSR count). The summed E-state index contributed by atoms with van der Waals surface area (Å²) in [5.74, 6) is 6.47. The highest BCUT2D eigenvalue weighted by Crippen LogP contribution is 2.14. The highest BCUT2D eigenvalue weighted by molar-refractivity contribution is 5.95. The van der Waals surface area contributed by atoms with Gasteiger partial charge in [0.2, 0.25) is 0 Å². The van der Waals surface area contributed by atoms with Crippen molar-refractivity contribution in [1.82, 2.24) is 0 Å². The minimum Gasteiger partial charge on any atom is -0.461 e. The van der Waals surface area contributed by atoms with Crippen LogP contribution in [-0.2, 0) is 6.42 Å². The summed E-state index contributed by atoms with van der Waals surface area (Å²) in [6.07, 6.45) is 2.52. The van der Waals surface area contributed by atoms with Crippen molar-refractivity contribution in [3.8, 4) is 0 Å². The zero-order valence-corrected chi connectivity index (χ0v) is 7.95. The molecule has 0 aliphatic heterocycles. The number of nitrogens with zero attached hydrogens (tertiary/aromatic N) is 1. The van der Waals surface area contributed by atoms with Crippen LogP contribution in [0.3, 0.4) is 0 Å². The van der Waals surface area contributed by atoms with E-state index in [1.807, 2.05) is 6.07 Å². The normalized spacial score (nSPS) is 12.4. The van der Waals surface area contributed by atoms with Crippen molar-refractivity contribution in [3.63, 3.8) is 0 Å². The van der Waals surface area contributed by atoms with Crippen molar-refractivity contribution >= 4 is 5.84 Å². The van der Waals surface area contributed by atoms with Crippen molar-refractivity contribution in [3.05, 3.63) is 23.7 Å². The summed E-state index contributed by atoms with van der Waals surface area (Å²) >= 11 is 0. The van der Waals surface area contributed by atoms with Gasteiger partial charge >= 0.3 is 0 Å². The van der Waals surface area contributed by atoms with Crippen LogP contribution in [0.4, 0.5) is 0 Å². The van der Waals surface area contributed by atoms with Gasteiger partial charge in [-0.1, -0.05) is 13.8 Å². The van der Waals surface area contributed by atoms with Gasteiger partial charge in [0.15, 0.2) is 11.6 Å². The first-order valence-electron chi connectivity index (χ1n) is 4.25. The molecule has 1 aromatic rings. The molecule has 13 heavy (non-hydrogen) atoms. The molecule has 0 saturated carbocycles. The first-order valence-corrected chi connectivity index (χ1v) is 4.25. The van der Waals surface area contributed by atoms with Gasteiger partial charge in [0.1, 0.15) is 0 Å². The van der Waals surface area contributed by atoms with E-state index in [0.717, 1.165) is 12.0 Å². The van der Waals surface area contributed by atoms with Gasteiger partial charge in [-0.15, -0.1) is 0 Å². The van der Waals surface area contributed by atoms with Gasteiger partial charge in [-0.05, 0) is 18.4 Å². The molecular formula is C9H15N3O. The van der Waals surface area contributed by atoms with Crippen LogP contribution in [0.5, 0.6) is 0 Å². The summed E-state index contributed by atoms with van der Waals surface area (Å²) in [5.41, 5.74) is 6.60. The van der Waals surface area contributed by atoms with Gasteiger partial charge in [-0.25, -0.2) is 0 Å². The molecule has 0 atom stereocenters. The number of furan rings is 1. The molecule has 0 aromatic carbocycles. The Hall–Kier alpha value is -1.45. The molecule has 0 aliphatic rings. The lowest BCUT2D eigenvalue weighted by molar-refractivity contribution is 0.546. The van der Waals surface area contributed by atoms with E-state index in [0.29, 0.717) is 11.7 Å². The Bertz CT molecular complexity index is 302. The van der Waals surface area contributed by atoms with E-state index < -0.39 is 0 Å². The third-order valence-electron chi connectivity index (χ3n) is 1.75. The second kappa shape index (κ2) is 3.98. The Balaban J connectivity index is 2.89. The first-order chi connectivity index (χ1) is 6.15. The quantitative estimate of drug-likeness (QED) is 0.317. The minimum atomic E-state index is 0.251. The zero-order valence-electron chi connectivity index (χ0n) is 7.95. The molecule has 4 N–H and O–H groups in total. The van der Waals surface area contributed by atoms with Gasteiger partial charge in [-0.3, -0.25) is 0 Å². The number of amidine groups is 1. The maximum absolute atomic E-state index is 5.55. The molecule has 72 valence electrons. The number of hydrogen-bond donors (Lipinski definition) is 2. The average molecular weight is 181 g/mol. The summed E-state index contributed by atoms with van der Waals surface area (Å²) in [4.78, 5) is 0. The lowest BCUT2D eigenvalue weighted by Gasteiger charge is -2.03. The SMILES string of the molecule is CC(C)Cc1ccoc1/C(N)=N/N. The number of hydrazone groups is 1. The molecule has 0 amide bonds. The van der Waals surface area contributed by atoms with Gasteiger partial charge in [0, 0.05) is 5.56 Å². The molecule has 4 nitrogen and oxygen atoms in total. The summed E-state index contributed by atoms with van der Waals surface area (Å²) in [6, 6.07) is 1.90. The van der Waals surface area contributed by atoms with E-state index >= 15 is 0 Å². The smallest absolute Gasteiger partial charge is 0.186 e. The Morgan fingerprint density at radius 3 is 2.85 bits per heavy atom. The standard InChI is InChI=1S/C9H15N3O/c1-6(2)5-7-3-4-13-8(7)9(10)12-11/h3-4,6H,5,11H2,1-2H3,(H2,10,12). The highest BCUT2D eigenvalue weighted by atomic mass is 16.3. The van der Waals surface area contributed by atoms with E-state index in [-0.39, 0.29) is 5.84 Å². The third-order valence-corrected chi connectivity index (χ3v) is 1.75. The lowest BCUT2D eigenvalue weighted by Crippen LogP contribution is -2.16. The van der Waals surface area contributed by atoms with Crippen LogP contribution in [0.2, 0.25) is 0 Å². The Morgan fingerprint density at radius 2 is 2.31 bits per heavy atom. The lowest BCUT2D eigenvalue weighted by atomic mass is 10.0. The van der Waals surface area contributed by atoms with E-state index in [1.54, 1.807) is 6.26 Å². The van der Waals surface area contributed by atoms with Crippen LogP contribution in [0.15, 0.2) is 21.8 Å². The molecular weight excluding hydrogens is 166 g/mol. The third kappa shape index (κ3) is 2.24. The minimum absolute atomic E-state index is 0.251. The Morgan fingerprint density at radius 1 is 1.62 bits per heavy atom. The fourth-order valence-corrected chi connectivity index (χ4v) is 1.22. The predicted molar refractivity (Wildman–Crippen MR) is 52.2 cm³/mol. The van der Waals surface area contributed by atoms with E-state index in [9.17, 15) is 0 Å².